The van der Waals surface area contributed by atoms with Crippen LogP contribution in [0, 0.1) is 0 Å². The average molecular weight is 248 g/mol. The van der Waals surface area contributed by atoms with Crippen LogP contribution in [0.15, 0.2) is 34.6 Å². The maximum Gasteiger partial charge on any atom is 0.120 e. The number of nitrogens with zero attached hydrogens (tertiary/aromatic N) is 2. The van der Waals surface area contributed by atoms with Gasteiger partial charge in [-0.2, -0.15) is 0 Å². The molecule has 0 atom stereocenters. The lowest BCUT2D eigenvalue weighted by Crippen LogP contribution is -2.26. The zero-order valence-electron chi connectivity index (χ0n) is 11.9. The van der Waals surface area contributed by atoms with Gasteiger partial charge in [-0.1, -0.05) is 13.8 Å². The van der Waals surface area contributed by atoms with Crippen molar-refractivity contribution in [2.24, 2.45) is 4.99 Å². The summed E-state index contributed by atoms with van der Waals surface area (Å²) in [5.41, 5.74) is 4.30. The van der Waals surface area contributed by atoms with Crippen molar-refractivity contribution in [2.45, 2.75) is 39.5 Å². The number of aldehydes is 1. The number of allylic oxidation sites excluding steroid dienone is 3. The molecule has 1 aliphatic rings. The Morgan fingerprint density at radius 1 is 1.56 bits per heavy atom. The van der Waals surface area contributed by atoms with Crippen molar-refractivity contribution in [3.05, 3.63) is 29.7 Å². The lowest BCUT2D eigenvalue weighted by Gasteiger charge is -2.23. The van der Waals surface area contributed by atoms with E-state index in [1.54, 1.807) is 7.05 Å². The highest BCUT2D eigenvalue weighted by atomic mass is 16.1. The normalized spacial score (nSPS) is 14.2. The summed E-state index contributed by atoms with van der Waals surface area (Å²) in [5.74, 6) is 0.952. The van der Waals surface area contributed by atoms with Gasteiger partial charge < -0.3 is 9.69 Å². The summed E-state index contributed by atoms with van der Waals surface area (Å²) in [6.07, 6.45) is 10.1. The van der Waals surface area contributed by atoms with Gasteiger partial charge in [-0.15, -0.1) is 5.73 Å². The van der Waals surface area contributed by atoms with Gasteiger partial charge in [0.15, 0.2) is 0 Å². The number of amidine groups is 1. The van der Waals surface area contributed by atoms with E-state index in [4.69, 9.17) is 0 Å². The lowest BCUT2D eigenvalue weighted by molar-refractivity contribution is -0.107. The van der Waals surface area contributed by atoms with Crippen molar-refractivity contribution in [2.75, 3.05) is 14.1 Å². The van der Waals surface area contributed by atoms with Gasteiger partial charge in [-0.05, 0) is 31.1 Å². The summed E-state index contributed by atoms with van der Waals surface area (Å²) in [6.45, 7) is 4.00. The van der Waals surface area contributed by atoms with Crippen molar-refractivity contribution in [3.63, 3.8) is 0 Å². The second-order valence-electron chi connectivity index (χ2n) is 3.64. The van der Waals surface area contributed by atoms with Crippen LogP contribution in [0.5, 0.6) is 0 Å². The van der Waals surface area contributed by atoms with E-state index in [1.807, 2.05) is 33.0 Å². The van der Waals surface area contributed by atoms with Crippen LogP contribution in [0.4, 0.5) is 0 Å². The van der Waals surface area contributed by atoms with Crippen LogP contribution < -0.4 is 0 Å². The minimum absolute atomic E-state index is 0.526. The lowest BCUT2D eigenvalue weighted by atomic mass is 10.2. The minimum Gasteiger partial charge on any atom is -0.337 e. The second-order valence-corrected chi connectivity index (χ2v) is 3.64. The van der Waals surface area contributed by atoms with Crippen LogP contribution in [0.1, 0.15) is 39.5 Å². The highest BCUT2D eigenvalue weighted by Crippen LogP contribution is 2.14. The number of rotatable bonds is 4. The zero-order valence-corrected chi connectivity index (χ0v) is 11.9. The number of carbonyl (C=O) groups is 1. The average Bonchev–Trinajstić information content (AvgIpc) is 2.70. The van der Waals surface area contributed by atoms with Gasteiger partial charge in [-0.25, -0.2) is 0 Å². The summed E-state index contributed by atoms with van der Waals surface area (Å²) in [6, 6.07) is 0. The first kappa shape index (κ1) is 16.4. The molecule has 3 heteroatoms. The largest absolute Gasteiger partial charge is 0.337 e. The van der Waals surface area contributed by atoms with Crippen molar-refractivity contribution in [1.82, 2.24) is 4.90 Å². The maximum atomic E-state index is 10.4. The van der Waals surface area contributed by atoms with E-state index < -0.39 is 0 Å². The summed E-state index contributed by atoms with van der Waals surface area (Å²) >= 11 is 0. The van der Waals surface area contributed by atoms with E-state index in [9.17, 15) is 4.79 Å². The third kappa shape index (κ3) is 5.65. The fourth-order valence-corrected chi connectivity index (χ4v) is 1.66. The summed E-state index contributed by atoms with van der Waals surface area (Å²) in [7, 11) is 3.76. The van der Waals surface area contributed by atoms with Gasteiger partial charge in [-0.3, -0.25) is 4.99 Å². The molecule has 0 heterocycles. The minimum atomic E-state index is 0.526. The van der Waals surface area contributed by atoms with E-state index in [0.717, 1.165) is 25.0 Å². The van der Waals surface area contributed by atoms with Gasteiger partial charge in [0.1, 0.15) is 12.1 Å². The predicted octanol–water partition coefficient (Wildman–Crippen LogP) is 3.34. The van der Waals surface area contributed by atoms with Crippen LogP contribution in [-0.2, 0) is 4.79 Å². The highest BCUT2D eigenvalue weighted by Gasteiger charge is 2.10. The van der Waals surface area contributed by atoms with E-state index in [0.29, 0.717) is 12.8 Å². The third-order valence-electron chi connectivity index (χ3n) is 2.60. The molecule has 0 saturated heterocycles. The molecule has 100 valence electrons. The molecule has 0 aromatic rings. The molecule has 0 unspecified atom stereocenters. The smallest absolute Gasteiger partial charge is 0.120 e. The molecule has 0 bridgehead atoms. The van der Waals surface area contributed by atoms with E-state index >= 15 is 0 Å². The molecule has 0 aromatic heterocycles. The number of hydrogen-bond donors (Lipinski definition) is 0. The Labute approximate surface area is 111 Å². The predicted molar refractivity (Wildman–Crippen MR) is 77.7 cm³/mol. The SMILES string of the molecule is CC.CN=C(CCC=O)N(C)C1=CC=C=CCC1. The van der Waals surface area contributed by atoms with Crippen molar-refractivity contribution >= 4 is 12.1 Å². The van der Waals surface area contributed by atoms with Gasteiger partial charge in [0, 0.05) is 32.6 Å². The topological polar surface area (TPSA) is 32.7 Å². The van der Waals surface area contributed by atoms with Gasteiger partial charge in [0.25, 0.3) is 0 Å². The van der Waals surface area contributed by atoms with Crippen molar-refractivity contribution in [3.8, 4) is 0 Å². The van der Waals surface area contributed by atoms with E-state index in [-0.39, 0.29) is 0 Å². The molecule has 0 aliphatic heterocycles. The number of carbonyl (C=O) groups excluding carboxylic acids is 1. The molecule has 0 aromatic carbocycles. The molecule has 0 saturated carbocycles. The van der Waals surface area contributed by atoms with Crippen LogP contribution >= 0.6 is 0 Å². The molecule has 3 nitrogen and oxygen atoms in total. The zero-order chi connectivity index (χ0) is 13.8. The van der Waals surface area contributed by atoms with Crippen LogP contribution in [0.3, 0.4) is 0 Å². The van der Waals surface area contributed by atoms with Crippen molar-refractivity contribution < 1.29 is 4.79 Å². The Bertz CT molecular complexity index is 361. The van der Waals surface area contributed by atoms with Gasteiger partial charge in [0.2, 0.25) is 0 Å². The van der Waals surface area contributed by atoms with Crippen LogP contribution in [-0.4, -0.2) is 31.1 Å². The first-order valence-corrected chi connectivity index (χ1v) is 6.52. The molecule has 18 heavy (non-hydrogen) atoms. The van der Waals surface area contributed by atoms with E-state index in [2.05, 4.69) is 21.7 Å². The maximum absolute atomic E-state index is 10.4. The second kappa shape index (κ2) is 10.5. The summed E-state index contributed by atoms with van der Waals surface area (Å²) in [4.78, 5) is 16.7. The first-order valence-electron chi connectivity index (χ1n) is 6.52. The number of aliphatic imine (C=N–C) groups is 1. The van der Waals surface area contributed by atoms with Gasteiger partial charge >= 0.3 is 0 Å². The van der Waals surface area contributed by atoms with Crippen LogP contribution in [0.2, 0.25) is 0 Å². The Kier molecular flexibility index (Phi) is 9.61. The van der Waals surface area contributed by atoms with Crippen LogP contribution in [0.25, 0.3) is 0 Å². The standard InChI is InChI=1S/C13H18N2O.C2H6/c1-14-13(10-7-11-16)15(2)12-8-5-3-4-6-9-12;1-2/h3,6,9,11H,5,7-8,10H2,1-2H3;1-2H3. The molecule has 0 N–H and O–H groups in total. The fraction of sp³-hybridized carbons (Fsp3) is 0.533. The quantitative estimate of drug-likeness (QED) is 0.331. The Morgan fingerprint density at radius 2 is 2.28 bits per heavy atom. The molecule has 0 radical (unpaired) electrons. The van der Waals surface area contributed by atoms with Gasteiger partial charge in [0.05, 0.1) is 0 Å². The Morgan fingerprint density at radius 3 is 2.89 bits per heavy atom. The fourth-order valence-electron chi connectivity index (χ4n) is 1.66. The van der Waals surface area contributed by atoms with E-state index in [1.165, 1.54) is 5.70 Å². The molecule has 0 fully saturated rings. The molecular formula is C15H24N2O. The molecule has 1 rings (SSSR count). The molecule has 1 aliphatic carbocycles. The molecule has 0 spiro atoms. The highest BCUT2D eigenvalue weighted by molar-refractivity contribution is 5.85. The summed E-state index contributed by atoms with van der Waals surface area (Å²) in [5, 5.41) is 0. The summed E-state index contributed by atoms with van der Waals surface area (Å²) < 4.78 is 0. The monoisotopic (exact) mass is 248 g/mol. The molecular weight excluding hydrogens is 224 g/mol. The Balaban J connectivity index is 0.00000137. The van der Waals surface area contributed by atoms with Crippen molar-refractivity contribution in [1.29, 1.82) is 0 Å². The first-order chi connectivity index (χ1) is 8.79. The third-order valence-corrected chi connectivity index (χ3v) is 2.60. The Hall–Kier alpha value is -1.60. The molecule has 0 amide bonds. The number of hydrogen-bond acceptors (Lipinski definition) is 2.